The predicted molar refractivity (Wildman–Crippen MR) is 104 cm³/mol. The Hall–Kier alpha value is -2.24. The highest BCUT2D eigenvalue weighted by Crippen LogP contribution is 2.20. The second kappa shape index (κ2) is 8.23. The summed E-state index contributed by atoms with van der Waals surface area (Å²) in [4.78, 5) is 12.1. The smallest absolute Gasteiger partial charge is 0.191 e. The van der Waals surface area contributed by atoms with E-state index in [1.54, 1.807) is 13.1 Å². The Morgan fingerprint density at radius 2 is 2.00 bits per heavy atom. The fourth-order valence-corrected chi connectivity index (χ4v) is 2.96. The second-order valence-electron chi connectivity index (χ2n) is 5.54. The number of aromatic nitrogens is 2. The SMILES string of the molecule is CN=C(NCCc1nc2ccccc2[nH]1)NCc1ccc(Cl)cc1Cl. The Labute approximate surface area is 156 Å². The number of halogens is 2. The Balaban J connectivity index is 1.50. The van der Waals surface area contributed by atoms with Crippen LogP contribution in [0, 0.1) is 0 Å². The molecular formula is C18H19Cl2N5. The molecule has 3 aromatic rings. The van der Waals surface area contributed by atoms with Gasteiger partial charge in [0.15, 0.2) is 5.96 Å². The first-order chi connectivity index (χ1) is 12.2. The van der Waals surface area contributed by atoms with Gasteiger partial charge in [0.05, 0.1) is 11.0 Å². The minimum atomic E-state index is 0.570. The summed E-state index contributed by atoms with van der Waals surface area (Å²) < 4.78 is 0. The van der Waals surface area contributed by atoms with Crippen LogP contribution in [-0.4, -0.2) is 29.5 Å². The van der Waals surface area contributed by atoms with Gasteiger partial charge in [-0.15, -0.1) is 0 Å². The summed E-state index contributed by atoms with van der Waals surface area (Å²) in [6.45, 7) is 1.29. The lowest BCUT2D eigenvalue weighted by molar-refractivity contribution is 0.777. The minimum Gasteiger partial charge on any atom is -0.356 e. The van der Waals surface area contributed by atoms with E-state index in [0.29, 0.717) is 29.1 Å². The van der Waals surface area contributed by atoms with Gasteiger partial charge < -0.3 is 15.6 Å². The largest absolute Gasteiger partial charge is 0.356 e. The first-order valence-electron chi connectivity index (χ1n) is 7.98. The number of para-hydroxylation sites is 2. The lowest BCUT2D eigenvalue weighted by Gasteiger charge is -2.12. The molecule has 25 heavy (non-hydrogen) atoms. The second-order valence-corrected chi connectivity index (χ2v) is 6.38. The number of fused-ring (bicyclic) bond motifs is 1. The molecular weight excluding hydrogens is 357 g/mol. The van der Waals surface area contributed by atoms with Crippen molar-refractivity contribution in [3.05, 3.63) is 63.9 Å². The monoisotopic (exact) mass is 375 g/mol. The highest BCUT2D eigenvalue weighted by atomic mass is 35.5. The summed E-state index contributed by atoms with van der Waals surface area (Å²) in [5.41, 5.74) is 3.00. The summed E-state index contributed by atoms with van der Waals surface area (Å²) in [5, 5.41) is 7.78. The van der Waals surface area contributed by atoms with E-state index in [9.17, 15) is 0 Å². The standard InChI is InChI=1S/C18H19Cl2N5/c1-21-18(23-11-12-6-7-13(19)10-14(12)20)22-9-8-17-24-15-4-2-3-5-16(15)25-17/h2-7,10H,8-9,11H2,1H3,(H,24,25)(H2,21,22,23). The molecule has 1 aromatic heterocycles. The Morgan fingerprint density at radius 1 is 1.16 bits per heavy atom. The Morgan fingerprint density at radius 3 is 2.76 bits per heavy atom. The molecule has 7 heteroatoms. The van der Waals surface area contributed by atoms with E-state index < -0.39 is 0 Å². The molecule has 1 heterocycles. The zero-order chi connectivity index (χ0) is 17.6. The van der Waals surface area contributed by atoms with Crippen molar-refractivity contribution < 1.29 is 0 Å². The van der Waals surface area contributed by atoms with Crippen LogP contribution in [0.15, 0.2) is 47.5 Å². The third-order valence-electron chi connectivity index (χ3n) is 3.78. The molecule has 0 unspecified atom stereocenters. The quantitative estimate of drug-likeness (QED) is 0.469. The highest BCUT2D eigenvalue weighted by Gasteiger charge is 2.05. The van der Waals surface area contributed by atoms with Crippen LogP contribution in [0.25, 0.3) is 11.0 Å². The number of hydrogen-bond acceptors (Lipinski definition) is 2. The number of hydrogen-bond donors (Lipinski definition) is 3. The van der Waals surface area contributed by atoms with Crippen molar-refractivity contribution in [3.8, 4) is 0 Å². The molecule has 2 aromatic carbocycles. The maximum atomic E-state index is 6.18. The zero-order valence-electron chi connectivity index (χ0n) is 13.8. The molecule has 0 amide bonds. The van der Waals surface area contributed by atoms with Gasteiger partial charge in [-0.2, -0.15) is 0 Å². The molecule has 0 aliphatic carbocycles. The van der Waals surface area contributed by atoms with E-state index in [-0.39, 0.29) is 0 Å². The van der Waals surface area contributed by atoms with Crippen LogP contribution in [-0.2, 0) is 13.0 Å². The van der Waals surface area contributed by atoms with Gasteiger partial charge in [0.2, 0.25) is 0 Å². The number of aliphatic imine (C=N–C) groups is 1. The Bertz CT molecular complexity index is 855. The van der Waals surface area contributed by atoms with Gasteiger partial charge in [-0.25, -0.2) is 4.98 Å². The van der Waals surface area contributed by atoms with Gasteiger partial charge >= 0.3 is 0 Å². The highest BCUT2D eigenvalue weighted by molar-refractivity contribution is 6.35. The van der Waals surface area contributed by atoms with Gasteiger partial charge in [0.25, 0.3) is 0 Å². The van der Waals surface area contributed by atoms with E-state index in [1.165, 1.54) is 0 Å². The van der Waals surface area contributed by atoms with E-state index in [4.69, 9.17) is 23.2 Å². The summed E-state index contributed by atoms with van der Waals surface area (Å²) in [7, 11) is 1.74. The van der Waals surface area contributed by atoms with Crippen LogP contribution in [0.4, 0.5) is 0 Å². The summed E-state index contributed by atoms with van der Waals surface area (Å²) in [6, 6.07) is 13.5. The number of aromatic amines is 1. The predicted octanol–water partition coefficient (Wildman–Crippen LogP) is 3.78. The molecule has 0 atom stereocenters. The molecule has 0 saturated carbocycles. The third-order valence-corrected chi connectivity index (χ3v) is 4.36. The third kappa shape index (κ3) is 4.65. The average molecular weight is 376 g/mol. The van der Waals surface area contributed by atoms with Gasteiger partial charge in [-0.1, -0.05) is 41.4 Å². The Kier molecular flexibility index (Phi) is 5.79. The van der Waals surface area contributed by atoms with Gasteiger partial charge in [-0.05, 0) is 29.8 Å². The normalized spacial score (nSPS) is 11.7. The lowest BCUT2D eigenvalue weighted by atomic mass is 10.2. The van der Waals surface area contributed by atoms with Crippen LogP contribution in [0.5, 0.6) is 0 Å². The van der Waals surface area contributed by atoms with Crippen LogP contribution in [0.3, 0.4) is 0 Å². The maximum absolute atomic E-state index is 6.18. The molecule has 5 nitrogen and oxygen atoms in total. The molecule has 0 bridgehead atoms. The average Bonchev–Trinajstić information content (AvgIpc) is 3.02. The number of nitrogens with zero attached hydrogens (tertiary/aromatic N) is 2. The van der Waals surface area contributed by atoms with E-state index in [1.807, 2.05) is 36.4 Å². The van der Waals surface area contributed by atoms with Crippen molar-refractivity contribution in [1.29, 1.82) is 0 Å². The van der Waals surface area contributed by atoms with Crippen molar-refractivity contribution in [2.24, 2.45) is 4.99 Å². The number of guanidine groups is 1. The van der Waals surface area contributed by atoms with Crippen LogP contribution in [0.1, 0.15) is 11.4 Å². The molecule has 0 aliphatic rings. The van der Waals surface area contributed by atoms with Crippen molar-refractivity contribution in [2.45, 2.75) is 13.0 Å². The van der Waals surface area contributed by atoms with Crippen LogP contribution >= 0.6 is 23.2 Å². The number of benzene rings is 2. The molecule has 0 spiro atoms. The summed E-state index contributed by atoms with van der Waals surface area (Å²) in [6.07, 6.45) is 0.775. The van der Waals surface area contributed by atoms with Gasteiger partial charge in [0.1, 0.15) is 5.82 Å². The number of nitrogens with one attached hydrogen (secondary N) is 3. The van der Waals surface area contributed by atoms with E-state index in [2.05, 4.69) is 25.6 Å². The molecule has 3 N–H and O–H groups in total. The van der Waals surface area contributed by atoms with Crippen LogP contribution < -0.4 is 10.6 Å². The van der Waals surface area contributed by atoms with Crippen molar-refractivity contribution in [1.82, 2.24) is 20.6 Å². The van der Waals surface area contributed by atoms with Crippen molar-refractivity contribution in [2.75, 3.05) is 13.6 Å². The van der Waals surface area contributed by atoms with E-state index in [0.717, 1.165) is 28.8 Å². The van der Waals surface area contributed by atoms with Crippen molar-refractivity contribution in [3.63, 3.8) is 0 Å². The van der Waals surface area contributed by atoms with Gasteiger partial charge in [-0.3, -0.25) is 4.99 Å². The number of H-pyrrole nitrogens is 1. The molecule has 130 valence electrons. The minimum absolute atomic E-state index is 0.570. The summed E-state index contributed by atoms with van der Waals surface area (Å²) >= 11 is 12.1. The first-order valence-corrected chi connectivity index (χ1v) is 8.73. The summed E-state index contributed by atoms with van der Waals surface area (Å²) in [5.74, 6) is 1.66. The molecule has 3 rings (SSSR count). The fourth-order valence-electron chi connectivity index (χ4n) is 2.49. The topological polar surface area (TPSA) is 65.1 Å². The molecule has 0 saturated heterocycles. The lowest BCUT2D eigenvalue weighted by Crippen LogP contribution is -2.38. The number of imidazole rings is 1. The van der Waals surface area contributed by atoms with Crippen molar-refractivity contribution >= 4 is 40.2 Å². The molecule has 0 aliphatic heterocycles. The fraction of sp³-hybridized carbons (Fsp3) is 0.222. The van der Waals surface area contributed by atoms with E-state index >= 15 is 0 Å². The van der Waals surface area contributed by atoms with Gasteiger partial charge in [0, 0.05) is 36.6 Å². The molecule has 0 fully saturated rings. The maximum Gasteiger partial charge on any atom is 0.191 e. The molecule has 0 radical (unpaired) electrons. The number of rotatable bonds is 5. The van der Waals surface area contributed by atoms with Crippen LogP contribution in [0.2, 0.25) is 10.0 Å². The zero-order valence-corrected chi connectivity index (χ0v) is 15.3. The first kappa shape index (κ1) is 17.6.